The number of nitrogen functional groups attached to an aromatic ring is 1. The maximum Gasteiger partial charge on any atom is 0.260 e. The first-order chi connectivity index (χ1) is 12.5. The summed E-state index contributed by atoms with van der Waals surface area (Å²) in [6.45, 7) is 2.05. The molecule has 0 radical (unpaired) electrons. The number of halogens is 1. The topological polar surface area (TPSA) is 114 Å². The zero-order valence-electron chi connectivity index (χ0n) is 13.8. The third-order valence-electron chi connectivity index (χ3n) is 3.94. The Kier molecular flexibility index (Phi) is 3.89. The molecular formula is C17H14ClN7O. The Bertz CT molecular complexity index is 1010. The number of hydrogen-bond acceptors (Lipinski definition) is 6. The van der Waals surface area contributed by atoms with Crippen molar-refractivity contribution in [1.29, 1.82) is 0 Å². The largest absolute Gasteiger partial charge is 0.368 e. The molecule has 3 aromatic heterocycles. The van der Waals surface area contributed by atoms with E-state index in [4.69, 9.17) is 17.3 Å². The molecule has 0 aromatic carbocycles. The van der Waals surface area contributed by atoms with Gasteiger partial charge in [0.25, 0.3) is 5.91 Å². The summed E-state index contributed by atoms with van der Waals surface area (Å²) in [6.07, 6.45) is 6.76. The van der Waals surface area contributed by atoms with Crippen LogP contribution in [0.2, 0.25) is 5.15 Å². The third kappa shape index (κ3) is 2.80. The average molecular weight is 368 g/mol. The van der Waals surface area contributed by atoms with Crippen LogP contribution in [0.15, 0.2) is 30.7 Å². The molecule has 9 heteroatoms. The molecule has 8 nitrogen and oxygen atoms in total. The van der Waals surface area contributed by atoms with Gasteiger partial charge in [0.2, 0.25) is 5.95 Å². The van der Waals surface area contributed by atoms with Gasteiger partial charge in [0.15, 0.2) is 5.82 Å². The van der Waals surface area contributed by atoms with Crippen molar-refractivity contribution in [3.63, 3.8) is 0 Å². The van der Waals surface area contributed by atoms with Crippen molar-refractivity contribution in [2.75, 3.05) is 10.6 Å². The van der Waals surface area contributed by atoms with E-state index in [2.05, 4.69) is 24.9 Å². The van der Waals surface area contributed by atoms with E-state index in [1.807, 2.05) is 19.1 Å². The zero-order chi connectivity index (χ0) is 18.3. The van der Waals surface area contributed by atoms with Crippen LogP contribution in [0.4, 0.5) is 11.8 Å². The number of amides is 1. The minimum atomic E-state index is -0.251. The van der Waals surface area contributed by atoms with Gasteiger partial charge in [-0.05, 0) is 25.1 Å². The van der Waals surface area contributed by atoms with Crippen LogP contribution >= 0.6 is 11.6 Å². The molecule has 1 amide bonds. The fraction of sp³-hybridized carbons (Fsp3) is 0.118. The predicted octanol–water partition coefficient (Wildman–Crippen LogP) is 2.23. The van der Waals surface area contributed by atoms with E-state index in [1.165, 1.54) is 4.90 Å². The Morgan fingerprint density at radius 3 is 2.85 bits per heavy atom. The van der Waals surface area contributed by atoms with E-state index in [9.17, 15) is 4.79 Å². The molecule has 0 unspecified atom stereocenters. The maximum atomic E-state index is 13.1. The van der Waals surface area contributed by atoms with Crippen LogP contribution in [0.5, 0.6) is 0 Å². The lowest BCUT2D eigenvalue weighted by atomic mass is 10.1. The second kappa shape index (κ2) is 6.23. The maximum absolute atomic E-state index is 13.1. The number of aryl methyl sites for hydroxylation is 1. The molecule has 4 heterocycles. The van der Waals surface area contributed by atoms with Crippen molar-refractivity contribution in [3.05, 3.63) is 58.5 Å². The monoisotopic (exact) mass is 367 g/mol. The van der Waals surface area contributed by atoms with E-state index in [0.29, 0.717) is 22.6 Å². The molecule has 0 bridgehead atoms. The number of nitrogens with two attached hydrogens (primary N) is 1. The summed E-state index contributed by atoms with van der Waals surface area (Å²) in [5, 5.41) is 0.135. The minimum absolute atomic E-state index is 0.00247. The molecule has 3 N–H and O–H groups in total. The molecule has 0 saturated heterocycles. The number of nitrogens with one attached hydrogen (secondary N) is 1. The quantitative estimate of drug-likeness (QED) is 0.542. The lowest BCUT2D eigenvalue weighted by Crippen LogP contribution is -2.27. The smallest absolute Gasteiger partial charge is 0.260 e. The molecular weight excluding hydrogens is 354 g/mol. The van der Waals surface area contributed by atoms with Crippen LogP contribution in [-0.2, 0) is 11.3 Å². The second-order valence-corrected chi connectivity index (χ2v) is 6.15. The molecule has 0 fully saturated rings. The van der Waals surface area contributed by atoms with Crippen LogP contribution in [0, 0.1) is 6.92 Å². The summed E-state index contributed by atoms with van der Waals surface area (Å²) in [6, 6.07) is 3.69. The van der Waals surface area contributed by atoms with Crippen LogP contribution in [0.1, 0.15) is 22.6 Å². The van der Waals surface area contributed by atoms with Crippen molar-refractivity contribution in [3.8, 4) is 0 Å². The van der Waals surface area contributed by atoms with Crippen molar-refractivity contribution < 1.29 is 4.79 Å². The lowest BCUT2D eigenvalue weighted by Gasteiger charge is -2.15. The summed E-state index contributed by atoms with van der Waals surface area (Å²) in [4.78, 5) is 34.3. The Morgan fingerprint density at radius 1 is 1.31 bits per heavy atom. The molecule has 130 valence electrons. The first kappa shape index (κ1) is 16.2. The third-order valence-corrected chi connectivity index (χ3v) is 4.21. The van der Waals surface area contributed by atoms with Gasteiger partial charge in [0.05, 0.1) is 35.3 Å². The summed E-state index contributed by atoms with van der Waals surface area (Å²) in [5.41, 5.74) is 8.78. The fourth-order valence-corrected chi connectivity index (χ4v) is 3.02. The fourth-order valence-electron chi connectivity index (χ4n) is 2.75. The minimum Gasteiger partial charge on any atom is -0.368 e. The molecule has 26 heavy (non-hydrogen) atoms. The SMILES string of the molecule is Cc1cnc(CN2C(=O)C(=Cc3ccc[nH]3)c3c(Cl)nc(N)nc32)cn1. The Hall–Kier alpha value is -3.26. The lowest BCUT2D eigenvalue weighted by molar-refractivity contribution is -0.113. The number of rotatable bonds is 3. The number of hydrogen-bond donors (Lipinski definition) is 2. The summed E-state index contributed by atoms with van der Waals surface area (Å²) >= 11 is 6.28. The van der Waals surface area contributed by atoms with Gasteiger partial charge in [-0.3, -0.25) is 19.7 Å². The van der Waals surface area contributed by atoms with Crippen LogP contribution in [0.25, 0.3) is 11.6 Å². The van der Waals surface area contributed by atoms with Gasteiger partial charge in [-0.1, -0.05) is 11.6 Å². The molecule has 1 aliphatic heterocycles. The van der Waals surface area contributed by atoms with E-state index < -0.39 is 0 Å². The Balaban J connectivity index is 1.81. The van der Waals surface area contributed by atoms with E-state index in [0.717, 1.165) is 11.4 Å². The predicted molar refractivity (Wildman–Crippen MR) is 98.1 cm³/mol. The van der Waals surface area contributed by atoms with E-state index in [1.54, 1.807) is 24.7 Å². The number of nitrogens with zero attached hydrogens (tertiary/aromatic N) is 5. The standard InChI is InChI=1S/C17H14ClN7O/c1-9-6-22-11(7-21-9)8-25-15-13(14(18)23-17(19)24-15)12(16(25)26)5-10-3-2-4-20-10/h2-7,20H,8H2,1H3,(H2,19,23,24). The van der Waals surface area contributed by atoms with Gasteiger partial charge >= 0.3 is 0 Å². The van der Waals surface area contributed by atoms with Gasteiger partial charge < -0.3 is 10.7 Å². The molecule has 1 aliphatic rings. The average Bonchev–Trinajstić information content (AvgIpc) is 3.19. The molecule has 4 rings (SSSR count). The second-order valence-electron chi connectivity index (χ2n) is 5.80. The summed E-state index contributed by atoms with van der Waals surface area (Å²) in [7, 11) is 0. The number of fused-ring (bicyclic) bond motifs is 1. The van der Waals surface area contributed by atoms with Gasteiger partial charge in [-0.25, -0.2) is 4.98 Å². The number of aromatic nitrogens is 5. The Morgan fingerprint density at radius 2 is 2.15 bits per heavy atom. The van der Waals surface area contributed by atoms with E-state index >= 15 is 0 Å². The number of aromatic amines is 1. The number of carbonyl (C=O) groups is 1. The van der Waals surface area contributed by atoms with Crippen LogP contribution < -0.4 is 10.6 Å². The molecule has 0 aliphatic carbocycles. The highest BCUT2D eigenvalue weighted by molar-refractivity contribution is 6.41. The van der Waals surface area contributed by atoms with E-state index in [-0.39, 0.29) is 23.6 Å². The van der Waals surface area contributed by atoms with Crippen LogP contribution in [-0.4, -0.2) is 30.8 Å². The number of anilines is 2. The molecule has 0 atom stereocenters. The molecule has 0 spiro atoms. The number of carbonyl (C=O) groups excluding carboxylic acids is 1. The highest BCUT2D eigenvalue weighted by atomic mass is 35.5. The summed E-state index contributed by atoms with van der Waals surface area (Å²) < 4.78 is 0. The van der Waals surface area contributed by atoms with Crippen molar-refractivity contribution >= 4 is 40.9 Å². The highest BCUT2D eigenvalue weighted by Gasteiger charge is 2.37. The Labute approximate surface area is 153 Å². The first-order valence-corrected chi connectivity index (χ1v) is 8.18. The van der Waals surface area contributed by atoms with Crippen molar-refractivity contribution in [2.45, 2.75) is 13.5 Å². The van der Waals surface area contributed by atoms with Crippen molar-refractivity contribution in [1.82, 2.24) is 24.9 Å². The van der Waals surface area contributed by atoms with Gasteiger partial charge in [-0.15, -0.1) is 0 Å². The highest BCUT2D eigenvalue weighted by Crippen LogP contribution is 2.40. The molecule has 0 saturated carbocycles. The first-order valence-electron chi connectivity index (χ1n) is 7.81. The van der Waals surface area contributed by atoms with Gasteiger partial charge in [-0.2, -0.15) is 4.98 Å². The van der Waals surface area contributed by atoms with Gasteiger partial charge in [0.1, 0.15) is 5.15 Å². The van der Waals surface area contributed by atoms with Crippen LogP contribution in [0.3, 0.4) is 0 Å². The van der Waals surface area contributed by atoms with Crippen molar-refractivity contribution in [2.24, 2.45) is 0 Å². The summed E-state index contributed by atoms with van der Waals surface area (Å²) in [5.74, 6) is 0.120. The normalized spacial score (nSPS) is 14.9. The molecule has 3 aromatic rings. The van der Waals surface area contributed by atoms with Gasteiger partial charge in [0, 0.05) is 18.1 Å². The number of H-pyrrole nitrogens is 1. The zero-order valence-corrected chi connectivity index (χ0v) is 14.5.